The van der Waals surface area contributed by atoms with Crippen LogP contribution in [0.4, 0.5) is 17.1 Å². The maximum absolute atomic E-state index is 12.7. The molecule has 3 aromatic rings. The Balaban J connectivity index is 1.56. The molecule has 4 rings (SSSR count). The summed E-state index contributed by atoms with van der Waals surface area (Å²) in [6.07, 6.45) is 0. The average molecular weight is 448 g/mol. The molecule has 1 saturated heterocycles. The van der Waals surface area contributed by atoms with Gasteiger partial charge in [0.25, 0.3) is 5.91 Å². The molecule has 1 aliphatic heterocycles. The Kier molecular flexibility index (Phi) is 6.37. The number of nitrogens with zero attached hydrogens (tertiary/aromatic N) is 2. The van der Waals surface area contributed by atoms with Crippen LogP contribution in [0.25, 0.3) is 0 Å². The zero-order valence-electron chi connectivity index (χ0n) is 18.2. The van der Waals surface area contributed by atoms with E-state index in [9.17, 15) is 9.59 Å². The lowest BCUT2D eigenvalue weighted by molar-refractivity contribution is -0.115. The smallest absolute Gasteiger partial charge is 0.255 e. The van der Waals surface area contributed by atoms with E-state index < -0.39 is 0 Å². The largest absolute Gasteiger partial charge is 0.497 e. The Hall–Kier alpha value is -3.45. The standard InChI is InChI=1S/C25H25N3O3S/c1-27(2)20-10-12-21(13-11-20)28-23(29)16-32-25(28)18-7-4-8-19(14-18)26-24(30)17-6-5-9-22(15-17)31-3/h4-15,25H,16H2,1-3H3,(H,26,30). The summed E-state index contributed by atoms with van der Waals surface area (Å²) in [6.45, 7) is 0. The first-order valence-electron chi connectivity index (χ1n) is 10.2. The molecule has 32 heavy (non-hydrogen) atoms. The van der Waals surface area contributed by atoms with E-state index in [1.807, 2.05) is 72.4 Å². The fourth-order valence-electron chi connectivity index (χ4n) is 3.60. The van der Waals surface area contributed by atoms with Gasteiger partial charge in [-0.1, -0.05) is 18.2 Å². The van der Waals surface area contributed by atoms with E-state index in [0.717, 1.165) is 16.9 Å². The van der Waals surface area contributed by atoms with Gasteiger partial charge in [-0.05, 0) is 60.2 Å². The van der Waals surface area contributed by atoms with Gasteiger partial charge >= 0.3 is 0 Å². The van der Waals surface area contributed by atoms with E-state index in [1.54, 1.807) is 43.1 Å². The minimum absolute atomic E-state index is 0.0726. The van der Waals surface area contributed by atoms with Crippen LogP contribution < -0.4 is 19.9 Å². The minimum Gasteiger partial charge on any atom is -0.497 e. The van der Waals surface area contributed by atoms with Crippen LogP contribution in [0.15, 0.2) is 72.8 Å². The summed E-state index contributed by atoms with van der Waals surface area (Å²) in [5.74, 6) is 0.902. The fourth-order valence-corrected chi connectivity index (χ4v) is 4.77. The SMILES string of the molecule is COc1cccc(C(=O)Nc2cccc(C3SCC(=O)N3c3ccc(N(C)C)cc3)c2)c1. The number of thioether (sulfide) groups is 1. The van der Waals surface area contributed by atoms with Crippen molar-refractivity contribution in [1.82, 2.24) is 0 Å². The Morgan fingerprint density at radius 3 is 2.53 bits per heavy atom. The van der Waals surface area contributed by atoms with Gasteiger partial charge in [-0.3, -0.25) is 14.5 Å². The van der Waals surface area contributed by atoms with Gasteiger partial charge in [-0.2, -0.15) is 0 Å². The van der Waals surface area contributed by atoms with E-state index in [2.05, 4.69) is 5.32 Å². The third kappa shape index (κ3) is 4.57. The number of ether oxygens (including phenoxy) is 1. The molecule has 2 amide bonds. The van der Waals surface area contributed by atoms with Crippen molar-refractivity contribution in [3.63, 3.8) is 0 Å². The molecular weight excluding hydrogens is 422 g/mol. The summed E-state index contributed by atoms with van der Waals surface area (Å²) >= 11 is 1.58. The molecule has 1 unspecified atom stereocenters. The Labute approximate surface area is 192 Å². The van der Waals surface area contributed by atoms with Gasteiger partial charge in [-0.25, -0.2) is 0 Å². The second kappa shape index (κ2) is 9.36. The fraction of sp³-hybridized carbons (Fsp3) is 0.200. The first-order valence-corrected chi connectivity index (χ1v) is 11.3. The number of methoxy groups -OCH3 is 1. The molecule has 1 atom stereocenters. The van der Waals surface area contributed by atoms with Crippen molar-refractivity contribution in [3.05, 3.63) is 83.9 Å². The highest BCUT2D eigenvalue weighted by Crippen LogP contribution is 2.42. The van der Waals surface area contributed by atoms with Crippen LogP contribution in [0.5, 0.6) is 5.75 Å². The molecule has 1 aliphatic rings. The summed E-state index contributed by atoms with van der Waals surface area (Å²) in [4.78, 5) is 29.2. The van der Waals surface area contributed by atoms with Crippen molar-refractivity contribution in [1.29, 1.82) is 0 Å². The van der Waals surface area contributed by atoms with Crippen LogP contribution in [0, 0.1) is 0 Å². The number of hydrogen-bond donors (Lipinski definition) is 1. The van der Waals surface area contributed by atoms with Crippen LogP contribution >= 0.6 is 11.8 Å². The molecule has 6 nitrogen and oxygen atoms in total. The Bertz CT molecular complexity index is 1130. The van der Waals surface area contributed by atoms with Crippen LogP contribution in [-0.2, 0) is 4.79 Å². The van der Waals surface area contributed by atoms with Gasteiger partial charge in [0.15, 0.2) is 0 Å². The molecule has 164 valence electrons. The summed E-state index contributed by atoms with van der Waals surface area (Å²) in [6, 6.07) is 22.6. The van der Waals surface area contributed by atoms with Gasteiger partial charge < -0.3 is 15.0 Å². The number of carbonyl (C=O) groups is 2. The van der Waals surface area contributed by atoms with E-state index in [4.69, 9.17) is 4.74 Å². The molecule has 1 N–H and O–H groups in total. The number of nitrogens with one attached hydrogen (secondary N) is 1. The lowest BCUT2D eigenvalue weighted by atomic mass is 10.1. The lowest BCUT2D eigenvalue weighted by Gasteiger charge is -2.25. The first kappa shape index (κ1) is 21.8. The highest BCUT2D eigenvalue weighted by Gasteiger charge is 2.34. The molecule has 1 heterocycles. The van der Waals surface area contributed by atoms with E-state index in [1.165, 1.54) is 0 Å². The number of hydrogen-bond acceptors (Lipinski definition) is 5. The molecule has 3 aromatic carbocycles. The molecular formula is C25H25N3O3S. The summed E-state index contributed by atoms with van der Waals surface area (Å²) in [7, 11) is 5.54. The molecule has 0 aromatic heterocycles. The van der Waals surface area contributed by atoms with Crippen LogP contribution in [0.1, 0.15) is 21.3 Å². The van der Waals surface area contributed by atoms with Crippen LogP contribution in [0.2, 0.25) is 0 Å². The van der Waals surface area contributed by atoms with Gasteiger partial charge in [0, 0.05) is 36.7 Å². The Morgan fingerprint density at radius 2 is 1.81 bits per heavy atom. The van der Waals surface area contributed by atoms with Gasteiger partial charge in [0.2, 0.25) is 5.91 Å². The average Bonchev–Trinajstić information content (AvgIpc) is 3.20. The van der Waals surface area contributed by atoms with E-state index >= 15 is 0 Å². The minimum atomic E-state index is -0.215. The summed E-state index contributed by atoms with van der Waals surface area (Å²) < 4.78 is 5.20. The van der Waals surface area contributed by atoms with Crippen molar-refractivity contribution in [2.24, 2.45) is 0 Å². The number of carbonyl (C=O) groups excluding carboxylic acids is 2. The van der Waals surface area contributed by atoms with Crippen molar-refractivity contribution >= 4 is 40.6 Å². The van der Waals surface area contributed by atoms with Crippen molar-refractivity contribution in [3.8, 4) is 5.75 Å². The normalized spacial score (nSPS) is 15.5. The topological polar surface area (TPSA) is 61.9 Å². The quantitative estimate of drug-likeness (QED) is 0.589. The maximum Gasteiger partial charge on any atom is 0.255 e. The molecule has 1 fully saturated rings. The molecule has 0 bridgehead atoms. The van der Waals surface area contributed by atoms with Gasteiger partial charge in [0.05, 0.1) is 12.9 Å². The molecule has 0 saturated carbocycles. The van der Waals surface area contributed by atoms with Crippen LogP contribution in [0.3, 0.4) is 0 Å². The second-order valence-electron chi connectivity index (χ2n) is 7.65. The first-order chi connectivity index (χ1) is 15.5. The highest BCUT2D eigenvalue weighted by atomic mass is 32.2. The van der Waals surface area contributed by atoms with Crippen molar-refractivity contribution < 1.29 is 14.3 Å². The lowest BCUT2D eigenvalue weighted by Crippen LogP contribution is -2.27. The Morgan fingerprint density at radius 1 is 1.06 bits per heavy atom. The predicted octanol–water partition coefficient (Wildman–Crippen LogP) is 4.79. The number of rotatable bonds is 6. The highest BCUT2D eigenvalue weighted by molar-refractivity contribution is 8.00. The molecule has 7 heteroatoms. The second-order valence-corrected chi connectivity index (χ2v) is 8.72. The zero-order chi connectivity index (χ0) is 22.7. The number of benzene rings is 3. The van der Waals surface area contributed by atoms with Crippen molar-refractivity contribution in [2.45, 2.75) is 5.37 Å². The monoisotopic (exact) mass is 447 g/mol. The molecule has 0 aliphatic carbocycles. The van der Waals surface area contributed by atoms with E-state index in [0.29, 0.717) is 22.8 Å². The third-order valence-corrected chi connectivity index (χ3v) is 6.49. The maximum atomic E-state index is 12.7. The van der Waals surface area contributed by atoms with Crippen LogP contribution in [-0.4, -0.2) is 38.8 Å². The number of amides is 2. The predicted molar refractivity (Wildman–Crippen MR) is 131 cm³/mol. The summed E-state index contributed by atoms with van der Waals surface area (Å²) in [5, 5.41) is 2.79. The van der Waals surface area contributed by atoms with Crippen molar-refractivity contribution in [2.75, 3.05) is 42.1 Å². The zero-order valence-corrected chi connectivity index (χ0v) is 19.1. The van der Waals surface area contributed by atoms with Gasteiger partial charge in [0.1, 0.15) is 11.1 Å². The molecule has 0 spiro atoms. The molecule has 0 radical (unpaired) electrons. The summed E-state index contributed by atoms with van der Waals surface area (Å²) in [5.41, 5.74) is 4.09. The number of anilines is 3. The third-order valence-electron chi connectivity index (χ3n) is 5.27. The van der Waals surface area contributed by atoms with E-state index in [-0.39, 0.29) is 17.2 Å². The van der Waals surface area contributed by atoms with Gasteiger partial charge in [-0.15, -0.1) is 11.8 Å².